The molecule has 2 saturated heterocycles. The van der Waals surface area contributed by atoms with Gasteiger partial charge in [0.25, 0.3) is 13.9 Å². The third-order valence-electron chi connectivity index (χ3n) is 13.8. The van der Waals surface area contributed by atoms with Crippen molar-refractivity contribution in [3.63, 3.8) is 0 Å². The first-order chi connectivity index (χ1) is 33.3. The van der Waals surface area contributed by atoms with Gasteiger partial charge in [0, 0.05) is 38.3 Å². The number of amides is 1. The fourth-order valence-electron chi connectivity index (χ4n) is 9.84. The number of nitrogens with two attached hydrogens (primary N) is 1. The highest BCUT2D eigenvalue weighted by Crippen LogP contribution is 2.37. The van der Waals surface area contributed by atoms with Gasteiger partial charge >= 0.3 is 11.7 Å². The van der Waals surface area contributed by atoms with Crippen molar-refractivity contribution in [2.45, 2.75) is 191 Å². The largest absolute Gasteiger partial charge is 0.459 e. The van der Waals surface area contributed by atoms with E-state index in [1.807, 2.05) is 41.3 Å². The molecule has 2 aliphatic heterocycles. The zero-order chi connectivity index (χ0) is 49.7. The van der Waals surface area contributed by atoms with Crippen molar-refractivity contribution in [1.29, 1.82) is 0 Å². The van der Waals surface area contributed by atoms with E-state index < -0.39 is 62.4 Å². The van der Waals surface area contributed by atoms with Gasteiger partial charge in [-0.15, -0.1) is 0 Å². The first-order valence-corrected chi connectivity index (χ1v) is 27.8. The molecule has 6 N–H and O–H groups in total. The quantitative estimate of drug-likeness (QED) is 0.0329. The number of benzene rings is 2. The summed E-state index contributed by atoms with van der Waals surface area (Å²) in [6.07, 6.45) is 13.7. The second-order valence-corrected chi connectivity index (χ2v) is 24.4. The summed E-state index contributed by atoms with van der Waals surface area (Å²) in [5.41, 5.74) is 4.86. The molecule has 15 nitrogen and oxygen atoms in total. The lowest BCUT2D eigenvalue weighted by atomic mass is 10.0. The van der Waals surface area contributed by atoms with Gasteiger partial charge in [0.1, 0.15) is 30.5 Å². The lowest BCUT2D eigenvalue weighted by Crippen LogP contribution is -2.68. The fourth-order valence-corrected chi connectivity index (χ4v) is 14.4. The van der Waals surface area contributed by atoms with E-state index in [2.05, 4.69) is 62.3 Å². The highest BCUT2D eigenvalue weighted by molar-refractivity contribution is 6.99. The van der Waals surface area contributed by atoms with Crippen LogP contribution in [0, 0.1) is 0 Å². The Morgan fingerprint density at radius 3 is 1.88 bits per heavy atom. The number of carbonyl (C=O) groups excluding carboxylic acids is 2. The monoisotopic (exact) mass is 978 g/mol. The minimum absolute atomic E-state index is 0.0291. The van der Waals surface area contributed by atoms with Crippen LogP contribution in [0.3, 0.4) is 0 Å². The number of ether oxygens (including phenoxy) is 3. The average molecular weight is 978 g/mol. The van der Waals surface area contributed by atoms with Crippen molar-refractivity contribution >= 4 is 30.6 Å². The van der Waals surface area contributed by atoms with E-state index in [1.54, 1.807) is 0 Å². The number of nitrogens with zero attached hydrogens (tertiary/aromatic N) is 2. The first kappa shape index (κ1) is 55.9. The van der Waals surface area contributed by atoms with Crippen LogP contribution in [-0.4, -0.2) is 120 Å². The number of aliphatic hydroxyl groups excluding tert-OH is 2. The highest BCUT2D eigenvalue weighted by Gasteiger charge is 2.51. The minimum atomic E-state index is -3.10. The average Bonchev–Trinajstić information content (AvgIpc) is 3.54. The van der Waals surface area contributed by atoms with Crippen LogP contribution >= 0.6 is 0 Å². The third kappa shape index (κ3) is 16.5. The zero-order valence-corrected chi connectivity index (χ0v) is 42.9. The van der Waals surface area contributed by atoms with Gasteiger partial charge in [-0.2, -0.15) is 0 Å². The van der Waals surface area contributed by atoms with Gasteiger partial charge in [-0.3, -0.25) is 24.3 Å². The molecule has 1 amide bonds. The maximum absolute atomic E-state index is 14.7. The summed E-state index contributed by atoms with van der Waals surface area (Å²) in [5.74, 6) is -0.706. The molecule has 1 aromatic heterocycles. The summed E-state index contributed by atoms with van der Waals surface area (Å²) in [6.45, 7) is 9.60. The van der Waals surface area contributed by atoms with Crippen molar-refractivity contribution in [3.05, 3.63) is 93.8 Å². The van der Waals surface area contributed by atoms with Crippen LogP contribution in [0.1, 0.15) is 137 Å². The van der Waals surface area contributed by atoms with Gasteiger partial charge in [0.15, 0.2) is 6.29 Å². The second-order valence-electron chi connectivity index (χ2n) is 20.1. The number of unbranched alkanes of at least 4 members (excludes halogenated alkanes) is 14. The Morgan fingerprint density at radius 1 is 0.768 bits per heavy atom. The van der Waals surface area contributed by atoms with Crippen LogP contribution in [0.15, 0.2) is 82.5 Å². The predicted molar refractivity (Wildman–Crippen MR) is 272 cm³/mol. The Morgan fingerprint density at radius 2 is 1.33 bits per heavy atom. The molecule has 69 heavy (non-hydrogen) atoms. The number of hydrogen-bond acceptors (Lipinski definition) is 12. The SMILES string of the molecule is CCCCCCCCCCCCCCCC(=O)O[C@H]1CN(CCCCCn2ccc(=O)[nH]c2=O)[C@@H](CO[C@@H]2O[C@H](CN)[C@@H](O)[C@H]2O)C(=O)N[C@@H]1CO[Si](c1ccccc1)(c1ccccc1)C(C)(C)C. The standard InChI is InChI=1S/C53H83N5O10Si/c1-5-6-7-8-9-10-11-12-13-14-15-16-24-31-47(60)67-45-37-58(34-26-19-25-33-57-35-32-46(59)56-52(57)64)43(39-65-51-49(62)48(61)44(36-54)68-51)50(63)55-42(45)38-66-69(53(2,3)4,40-27-20-17-21-28-40)41-29-22-18-23-30-41/h17-18,20-23,27-30,32,35,42-45,48-49,51,61-62H,5-16,19,24-26,31,33-34,36-39,54H2,1-4H3,(H,55,63)(H,56,59,64)/t42-,43+,44-,45+,48-,49-,51-/m1/s1. The zero-order valence-electron chi connectivity index (χ0n) is 41.9. The summed E-state index contributed by atoms with van der Waals surface area (Å²) in [7, 11) is -3.10. The van der Waals surface area contributed by atoms with Crippen LogP contribution in [0.25, 0.3) is 0 Å². The number of aromatic amines is 1. The number of rotatable bonds is 30. The molecular formula is C53H83N5O10Si. The van der Waals surface area contributed by atoms with Gasteiger partial charge < -0.3 is 44.5 Å². The molecule has 2 fully saturated rings. The van der Waals surface area contributed by atoms with Gasteiger partial charge in [-0.05, 0) is 41.2 Å². The maximum Gasteiger partial charge on any atom is 0.328 e. The van der Waals surface area contributed by atoms with E-state index in [9.17, 15) is 29.4 Å². The van der Waals surface area contributed by atoms with Crippen LogP contribution < -0.4 is 32.7 Å². The number of esters is 1. The molecule has 0 saturated carbocycles. The lowest BCUT2D eigenvalue weighted by Gasteiger charge is -2.44. The molecule has 0 unspecified atom stereocenters. The molecule has 0 spiro atoms. The molecule has 5 rings (SSSR count). The minimum Gasteiger partial charge on any atom is -0.459 e. The fraction of sp³-hybridized carbons (Fsp3) is 0.660. The summed E-state index contributed by atoms with van der Waals surface area (Å²) in [6, 6.07) is 20.1. The Hall–Kier alpha value is -4.00. The number of aromatic nitrogens is 2. The number of aryl methyl sites for hydroxylation is 1. The molecule has 0 aliphatic carbocycles. The van der Waals surface area contributed by atoms with Gasteiger partial charge in [-0.1, -0.05) is 172 Å². The third-order valence-corrected chi connectivity index (χ3v) is 18.8. The number of nitrogens with one attached hydrogen (secondary N) is 2. The van der Waals surface area contributed by atoms with Gasteiger partial charge in [0.05, 0.1) is 19.3 Å². The predicted octanol–water partition coefficient (Wildman–Crippen LogP) is 5.27. The van der Waals surface area contributed by atoms with Crippen molar-refractivity contribution in [1.82, 2.24) is 19.8 Å². The Kier molecular flexibility index (Phi) is 23.3. The molecule has 0 radical (unpaired) electrons. The molecule has 3 aromatic rings. The molecule has 16 heteroatoms. The topological polar surface area (TPSA) is 208 Å². The summed E-state index contributed by atoms with van der Waals surface area (Å²) in [5, 5.41) is 26.4. The highest BCUT2D eigenvalue weighted by atomic mass is 28.4. The summed E-state index contributed by atoms with van der Waals surface area (Å²) < 4.78 is 27.1. The normalized spacial score (nSPS) is 22.4. The number of aliphatic hydroxyl groups is 2. The van der Waals surface area contributed by atoms with Gasteiger partial charge in [0.2, 0.25) is 5.91 Å². The Bertz CT molecular complexity index is 2030. The maximum atomic E-state index is 14.7. The molecular weight excluding hydrogens is 895 g/mol. The van der Waals surface area contributed by atoms with Crippen molar-refractivity contribution < 1.29 is 38.4 Å². The van der Waals surface area contributed by atoms with E-state index in [1.165, 1.54) is 74.6 Å². The molecule has 2 aliphatic rings. The molecule has 7 atom stereocenters. The Balaban J connectivity index is 1.35. The van der Waals surface area contributed by atoms with Crippen LogP contribution in [0.4, 0.5) is 0 Å². The van der Waals surface area contributed by atoms with Crippen LogP contribution in [0.2, 0.25) is 5.04 Å². The van der Waals surface area contributed by atoms with E-state index in [4.69, 9.17) is 24.4 Å². The van der Waals surface area contributed by atoms with Crippen LogP contribution in [-0.2, 0) is 34.8 Å². The van der Waals surface area contributed by atoms with Crippen LogP contribution in [0.5, 0.6) is 0 Å². The smallest absolute Gasteiger partial charge is 0.328 e. The Labute approximate surface area is 411 Å². The van der Waals surface area contributed by atoms with E-state index >= 15 is 0 Å². The molecule has 0 bridgehead atoms. The van der Waals surface area contributed by atoms with Crippen molar-refractivity contribution in [2.75, 3.05) is 32.8 Å². The number of H-pyrrole nitrogens is 1. The van der Waals surface area contributed by atoms with Gasteiger partial charge in [-0.25, -0.2) is 4.79 Å². The lowest BCUT2D eigenvalue weighted by molar-refractivity contribution is -0.175. The number of carbonyl (C=O) groups is 2. The van der Waals surface area contributed by atoms with Crippen molar-refractivity contribution in [3.8, 4) is 0 Å². The van der Waals surface area contributed by atoms with E-state index in [-0.39, 0.29) is 49.6 Å². The second kappa shape index (κ2) is 28.7. The summed E-state index contributed by atoms with van der Waals surface area (Å²) in [4.78, 5) is 56.8. The number of hydrogen-bond donors (Lipinski definition) is 5. The molecule has 3 heterocycles. The van der Waals surface area contributed by atoms with E-state index in [0.29, 0.717) is 38.8 Å². The molecule has 384 valence electrons. The van der Waals surface area contributed by atoms with E-state index in [0.717, 1.165) is 29.6 Å². The van der Waals surface area contributed by atoms with Crippen molar-refractivity contribution in [2.24, 2.45) is 5.73 Å². The summed E-state index contributed by atoms with van der Waals surface area (Å²) >= 11 is 0. The molecule has 2 aromatic carbocycles. The first-order valence-electron chi connectivity index (χ1n) is 25.9.